The number of hydrogen-bond acceptors (Lipinski definition) is 4. The first-order valence-electron chi connectivity index (χ1n) is 6.63. The van der Waals surface area contributed by atoms with E-state index in [4.69, 9.17) is 0 Å². The standard InChI is InChI=1S/C13H21N3O2S/c1-14-19(17,18)13-6-4-12(5-7-13)16-10-8-11-3-2-9-15-11/h4-7,11,14-16H,2-3,8-10H2,1H3. The van der Waals surface area contributed by atoms with Crippen molar-refractivity contribution < 1.29 is 8.42 Å². The molecule has 2 rings (SSSR count). The predicted octanol–water partition coefficient (Wildman–Crippen LogP) is 1.15. The molecule has 0 aliphatic carbocycles. The fourth-order valence-electron chi connectivity index (χ4n) is 2.26. The Balaban J connectivity index is 1.85. The van der Waals surface area contributed by atoms with Crippen molar-refractivity contribution in [1.29, 1.82) is 0 Å². The lowest BCUT2D eigenvalue weighted by Gasteiger charge is -2.12. The molecular weight excluding hydrogens is 262 g/mol. The third-order valence-corrected chi connectivity index (χ3v) is 4.85. The third kappa shape index (κ3) is 3.92. The molecule has 1 atom stereocenters. The van der Waals surface area contributed by atoms with Crippen LogP contribution in [0.4, 0.5) is 5.69 Å². The summed E-state index contributed by atoms with van der Waals surface area (Å²) in [4.78, 5) is 0.290. The van der Waals surface area contributed by atoms with E-state index in [1.54, 1.807) is 24.3 Å². The summed E-state index contributed by atoms with van der Waals surface area (Å²) in [5.74, 6) is 0. The minimum atomic E-state index is -3.34. The molecule has 1 heterocycles. The lowest BCUT2D eigenvalue weighted by molar-refractivity contribution is 0.574. The van der Waals surface area contributed by atoms with E-state index in [-0.39, 0.29) is 4.90 Å². The number of benzene rings is 1. The van der Waals surface area contributed by atoms with Crippen LogP contribution in [0.3, 0.4) is 0 Å². The van der Waals surface area contributed by atoms with Crippen molar-refractivity contribution in [3.05, 3.63) is 24.3 Å². The van der Waals surface area contributed by atoms with E-state index in [0.29, 0.717) is 6.04 Å². The number of hydrogen-bond donors (Lipinski definition) is 3. The normalized spacial score (nSPS) is 19.5. The minimum absolute atomic E-state index is 0.290. The smallest absolute Gasteiger partial charge is 0.240 e. The second kappa shape index (κ2) is 6.36. The Morgan fingerprint density at radius 3 is 2.63 bits per heavy atom. The Kier molecular flexibility index (Phi) is 4.79. The van der Waals surface area contributed by atoms with E-state index >= 15 is 0 Å². The highest BCUT2D eigenvalue weighted by molar-refractivity contribution is 7.89. The van der Waals surface area contributed by atoms with Gasteiger partial charge in [-0.15, -0.1) is 0 Å². The van der Waals surface area contributed by atoms with Crippen LogP contribution in [0.15, 0.2) is 29.2 Å². The van der Waals surface area contributed by atoms with Gasteiger partial charge in [0.2, 0.25) is 10.0 Å². The van der Waals surface area contributed by atoms with Gasteiger partial charge >= 0.3 is 0 Å². The Hall–Kier alpha value is -1.11. The van der Waals surface area contributed by atoms with E-state index in [0.717, 1.165) is 25.2 Å². The molecular formula is C13H21N3O2S. The molecule has 19 heavy (non-hydrogen) atoms. The number of sulfonamides is 1. The zero-order valence-corrected chi connectivity index (χ0v) is 12.0. The summed E-state index contributed by atoms with van der Waals surface area (Å²) in [6.07, 6.45) is 3.61. The van der Waals surface area contributed by atoms with Crippen LogP contribution in [0.25, 0.3) is 0 Å². The Bertz CT molecular complexity index is 493. The van der Waals surface area contributed by atoms with Crippen LogP contribution in [-0.4, -0.2) is 34.6 Å². The van der Waals surface area contributed by atoms with Crippen molar-refractivity contribution >= 4 is 15.7 Å². The highest BCUT2D eigenvalue weighted by Gasteiger charge is 2.13. The van der Waals surface area contributed by atoms with Crippen molar-refractivity contribution in [1.82, 2.24) is 10.0 Å². The van der Waals surface area contributed by atoms with E-state index in [1.165, 1.54) is 19.9 Å². The predicted molar refractivity (Wildman–Crippen MR) is 76.8 cm³/mol. The van der Waals surface area contributed by atoms with E-state index in [1.807, 2.05) is 0 Å². The molecule has 1 aromatic carbocycles. The van der Waals surface area contributed by atoms with Gasteiger partial charge in [-0.25, -0.2) is 13.1 Å². The maximum absolute atomic E-state index is 11.6. The summed E-state index contributed by atoms with van der Waals surface area (Å²) in [5, 5.41) is 6.76. The molecule has 0 radical (unpaired) electrons. The molecule has 0 amide bonds. The van der Waals surface area contributed by atoms with Crippen molar-refractivity contribution in [2.45, 2.75) is 30.2 Å². The molecule has 1 fully saturated rings. The number of rotatable bonds is 6. The zero-order valence-electron chi connectivity index (χ0n) is 11.1. The molecule has 1 unspecified atom stereocenters. The summed E-state index contributed by atoms with van der Waals surface area (Å²) in [7, 11) is -1.92. The first-order valence-corrected chi connectivity index (χ1v) is 8.11. The molecule has 0 bridgehead atoms. The lowest BCUT2D eigenvalue weighted by atomic mass is 10.1. The van der Waals surface area contributed by atoms with Gasteiger partial charge in [0.1, 0.15) is 0 Å². The maximum atomic E-state index is 11.6. The van der Waals surface area contributed by atoms with Gasteiger partial charge in [-0.05, 0) is 57.1 Å². The minimum Gasteiger partial charge on any atom is -0.385 e. The van der Waals surface area contributed by atoms with E-state index < -0.39 is 10.0 Å². The second-order valence-electron chi connectivity index (χ2n) is 4.74. The molecule has 5 nitrogen and oxygen atoms in total. The van der Waals surface area contributed by atoms with Crippen molar-refractivity contribution in [2.75, 3.05) is 25.5 Å². The summed E-state index contributed by atoms with van der Waals surface area (Å²) >= 11 is 0. The maximum Gasteiger partial charge on any atom is 0.240 e. The molecule has 0 aromatic heterocycles. The molecule has 1 saturated heterocycles. The van der Waals surface area contributed by atoms with Crippen molar-refractivity contribution in [3.63, 3.8) is 0 Å². The number of nitrogens with one attached hydrogen (secondary N) is 3. The monoisotopic (exact) mass is 283 g/mol. The third-order valence-electron chi connectivity index (χ3n) is 3.42. The molecule has 106 valence electrons. The van der Waals surface area contributed by atoms with Crippen LogP contribution in [0.5, 0.6) is 0 Å². The molecule has 0 spiro atoms. The van der Waals surface area contributed by atoms with Crippen LogP contribution in [-0.2, 0) is 10.0 Å². The first kappa shape index (κ1) is 14.3. The Morgan fingerprint density at radius 2 is 2.05 bits per heavy atom. The molecule has 1 aromatic rings. The van der Waals surface area contributed by atoms with Gasteiger partial charge in [-0.2, -0.15) is 0 Å². The van der Waals surface area contributed by atoms with Gasteiger partial charge in [0, 0.05) is 18.3 Å². The first-order chi connectivity index (χ1) is 9.12. The van der Waals surface area contributed by atoms with Crippen molar-refractivity contribution in [2.24, 2.45) is 0 Å². The fraction of sp³-hybridized carbons (Fsp3) is 0.538. The van der Waals surface area contributed by atoms with Gasteiger partial charge in [0.25, 0.3) is 0 Å². The molecule has 0 saturated carbocycles. The van der Waals surface area contributed by atoms with Gasteiger partial charge in [0.15, 0.2) is 0 Å². The largest absolute Gasteiger partial charge is 0.385 e. The van der Waals surface area contributed by atoms with E-state index in [9.17, 15) is 8.42 Å². The SMILES string of the molecule is CNS(=O)(=O)c1ccc(NCCC2CCCN2)cc1. The van der Waals surface area contributed by atoms with Crippen LogP contribution in [0.2, 0.25) is 0 Å². The van der Waals surface area contributed by atoms with Crippen LogP contribution >= 0.6 is 0 Å². The summed E-state index contributed by atoms with van der Waals surface area (Å²) in [6, 6.07) is 7.44. The average Bonchev–Trinajstić information content (AvgIpc) is 2.92. The van der Waals surface area contributed by atoms with Crippen LogP contribution < -0.4 is 15.4 Å². The molecule has 3 N–H and O–H groups in total. The van der Waals surface area contributed by atoms with Gasteiger partial charge in [-0.1, -0.05) is 0 Å². The topological polar surface area (TPSA) is 70.2 Å². The molecule has 1 aliphatic heterocycles. The summed E-state index contributed by atoms with van der Waals surface area (Å²) in [5.41, 5.74) is 0.952. The van der Waals surface area contributed by atoms with Crippen molar-refractivity contribution in [3.8, 4) is 0 Å². The summed E-state index contributed by atoms with van der Waals surface area (Å²) < 4.78 is 25.4. The summed E-state index contributed by atoms with van der Waals surface area (Å²) in [6.45, 7) is 2.02. The van der Waals surface area contributed by atoms with E-state index in [2.05, 4.69) is 15.4 Å². The Labute approximate surface area is 114 Å². The average molecular weight is 283 g/mol. The molecule has 1 aliphatic rings. The quantitative estimate of drug-likeness (QED) is 0.732. The number of anilines is 1. The fourth-order valence-corrected chi connectivity index (χ4v) is 2.99. The zero-order chi connectivity index (χ0) is 13.7. The van der Waals surface area contributed by atoms with Gasteiger partial charge < -0.3 is 10.6 Å². The van der Waals surface area contributed by atoms with Gasteiger partial charge in [0.05, 0.1) is 4.90 Å². The van der Waals surface area contributed by atoms with Crippen LogP contribution in [0.1, 0.15) is 19.3 Å². The lowest BCUT2D eigenvalue weighted by Crippen LogP contribution is -2.24. The second-order valence-corrected chi connectivity index (χ2v) is 6.63. The van der Waals surface area contributed by atoms with Gasteiger partial charge in [-0.3, -0.25) is 0 Å². The highest BCUT2D eigenvalue weighted by atomic mass is 32.2. The molecule has 6 heteroatoms. The highest BCUT2D eigenvalue weighted by Crippen LogP contribution is 2.14. The Morgan fingerprint density at radius 1 is 1.32 bits per heavy atom. The van der Waals surface area contributed by atoms with Crippen LogP contribution in [0, 0.1) is 0 Å².